The average Bonchev–Trinajstić information content (AvgIpc) is 2.85. The molecule has 1 aromatic heterocycles. The van der Waals surface area contributed by atoms with E-state index in [0.29, 0.717) is 5.41 Å². The molecule has 136 valence electrons. The molecule has 0 aromatic carbocycles. The Balaban J connectivity index is 0.00000208. The van der Waals surface area contributed by atoms with Gasteiger partial charge in [-0.15, -0.1) is 12.4 Å². The second kappa shape index (κ2) is 8.34. The number of rotatable bonds is 3. The first-order chi connectivity index (χ1) is 11.1. The van der Waals surface area contributed by atoms with Crippen LogP contribution in [-0.2, 0) is 11.8 Å². The smallest absolute Gasteiger partial charge is 0.244 e. The zero-order chi connectivity index (χ0) is 16.3. The number of amides is 1. The Labute approximate surface area is 151 Å². The molecule has 1 amide bonds. The van der Waals surface area contributed by atoms with Crippen LogP contribution in [0.4, 0.5) is 0 Å². The summed E-state index contributed by atoms with van der Waals surface area (Å²) in [5.74, 6) is 0.212. The fraction of sp³-hybridized carbons (Fsp3) is 0.778. The van der Waals surface area contributed by atoms with Crippen LogP contribution in [0.1, 0.15) is 63.0 Å². The number of likely N-dealkylation sites (tertiary alicyclic amines) is 1. The molecule has 2 fully saturated rings. The summed E-state index contributed by atoms with van der Waals surface area (Å²) in [5, 5.41) is 7.40. The minimum Gasteiger partial charge on any atom is -0.340 e. The first-order valence-corrected chi connectivity index (χ1v) is 9.08. The van der Waals surface area contributed by atoms with Gasteiger partial charge >= 0.3 is 0 Å². The molecule has 6 heteroatoms. The molecule has 0 bridgehead atoms. The molecule has 1 aromatic rings. The number of hydrogen-bond donors (Lipinski definition) is 1. The van der Waals surface area contributed by atoms with E-state index in [1.807, 2.05) is 20.3 Å². The largest absolute Gasteiger partial charge is 0.340 e. The van der Waals surface area contributed by atoms with Crippen LogP contribution < -0.4 is 5.32 Å². The van der Waals surface area contributed by atoms with Gasteiger partial charge in [0.25, 0.3) is 0 Å². The molecule has 1 unspecified atom stereocenters. The van der Waals surface area contributed by atoms with Gasteiger partial charge in [0, 0.05) is 31.9 Å². The number of piperidine rings is 1. The summed E-state index contributed by atoms with van der Waals surface area (Å²) in [6.45, 7) is 1.85. The molecular formula is C18H31ClN4O. The number of aryl methyl sites for hydroxylation is 1. The lowest BCUT2D eigenvalue weighted by Gasteiger charge is -2.43. The van der Waals surface area contributed by atoms with Crippen molar-refractivity contribution in [2.75, 3.05) is 20.1 Å². The molecule has 0 radical (unpaired) electrons. The number of aromatic nitrogens is 2. The summed E-state index contributed by atoms with van der Waals surface area (Å²) in [5.41, 5.74) is 1.35. The summed E-state index contributed by atoms with van der Waals surface area (Å²) < 4.78 is 1.76. The summed E-state index contributed by atoms with van der Waals surface area (Å²) >= 11 is 0. The maximum Gasteiger partial charge on any atom is 0.244 e. The maximum atomic E-state index is 13.1. The van der Waals surface area contributed by atoms with Crippen LogP contribution in [0.3, 0.4) is 0 Å². The van der Waals surface area contributed by atoms with Crippen molar-refractivity contribution in [3.8, 4) is 0 Å². The van der Waals surface area contributed by atoms with Crippen LogP contribution >= 0.6 is 12.4 Å². The molecular weight excluding hydrogens is 324 g/mol. The molecule has 1 spiro atoms. The van der Waals surface area contributed by atoms with Crippen molar-refractivity contribution in [1.29, 1.82) is 0 Å². The van der Waals surface area contributed by atoms with E-state index in [4.69, 9.17) is 0 Å². The third-order valence-electron chi connectivity index (χ3n) is 5.73. The predicted molar refractivity (Wildman–Crippen MR) is 98.2 cm³/mol. The van der Waals surface area contributed by atoms with Gasteiger partial charge in [-0.2, -0.15) is 5.10 Å². The summed E-state index contributed by atoms with van der Waals surface area (Å²) in [6, 6.07) is -0.273. The third-order valence-corrected chi connectivity index (χ3v) is 5.73. The van der Waals surface area contributed by atoms with Crippen molar-refractivity contribution in [2.24, 2.45) is 12.5 Å². The summed E-state index contributed by atoms with van der Waals surface area (Å²) in [4.78, 5) is 15.2. The minimum absolute atomic E-state index is 0. The first-order valence-electron chi connectivity index (χ1n) is 9.08. The molecule has 1 saturated carbocycles. The molecule has 1 N–H and O–H groups in total. The molecule has 3 rings (SSSR count). The van der Waals surface area contributed by atoms with Gasteiger partial charge in [-0.1, -0.05) is 25.7 Å². The molecule has 2 aliphatic rings. The Morgan fingerprint density at radius 3 is 2.46 bits per heavy atom. The van der Waals surface area contributed by atoms with Crippen molar-refractivity contribution in [2.45, 2.75) is 57.4 Å². The normalized spacial score (nSPS) is 21.8. The number of carbonyl (C=O) groups is 1. The van der Waals surface area contributed by atoms with Crippen LogP contribution in [0.15, 0.2) is 12.4 Å². The van der Waals surface area contributed by atoms with E-state index < -0.39 is 0 Å². The molecule has 1 atom stereocenters. The number of nitrogens with one attached hydrogen (secondary N) is 1. The van der Waals surface area contributed by atoms with Crippen molar-refractivity contribution < 1.29 is 4.79 Å². The van der Waals surface area contributed by atoms with Crippen molar-refractivity contribution in [3.63, 3.8) is 0 Å². The van der Waals surface area contributed by atoms with Gasteiger partial charge in [0.15, 0.2) is 0 Å². The first kappa shape index (κ1) is 19.3. The molecule has 2 heterocycles. The Kier molecular flexibility index (Phi) is 6.70. The second-order valence-corrected chi connectivity index (χ2v) is 7.45. The zero-order valence-corrected chi connectivity index (χ0v) is 15.8. The maximum absolute atomic E-state index is 13.1. The molecule has 1 aliphatic carbocycles. The highest BCUT2D eigenvalue weighted by Gasteiger charge is 2.38. The fourth-order valence-corrected chi connectivity index (χ4v) is 4.49. The fourth-order valence-electron chi connectivity index (χ4n) is 4.49. The van der Waals surface area contributed by atoms with E-state index in [0.717, 1.165) is 25.1 Å². The lowest BCUT2D eigenvalue weighted by molar-refractivity contribution is -0.137. The van der Waals surface area contributed by atoms with Gasteiger partial charge in [-0.05, 0) is 38.1 Å². The van der Waals surface area contributed by atoms with E-state index in [9.17, 15) is 4.79 Å². The van der Waals surface area contributed by atoms with Gasteiger partial charge in [0.1, 0.15) is 6.04 Å². The van der Waals surface area contributed by atoms with Crippen LogP contribution in [0, 0.1) is 5.41 Å². The SMILES string of the molecule is CNC(C(=O)N1CCCC2(CCCCCC2)C1)c1cnn(C)c1.Cl. The highest BCUT2D eigenvalue weighted by Crippen LogP contribution is 2.42. The number of halogens is 1. The average molecular weight is 355 g/mol. The standard InChI is InChI=1S/C18H30N4O.ClH/c1-19-16(15-12-20-21(2)13-15)17(23)22-11-7-10-18(14-22)8-5-3-4-6-9-18;/h12-13,16,19H,3-11,14H2,1-2H3;1H. The number of hydrogen-bond acceptors (Lipinski definition) is 3. The van der Waals surface area contributed by atoms with Crippen LogP contribution in [0.2, 0.25) is 0 Å². The van der Waals surface area contributed by atoms with E-state index in [1.165, 1.54) is 44.9 Å². The van der Waals surface area contributed by atoms with E-state index >= 15 is 0 Å². The molecule has 1 aliphatic heterocycles. The second-order valence-electron chi connectivity index (χ2n) is 7.45. The molecule has 24 heavy (non-hydrogen) atoms. The van der Waals surface area contributed by atoms with Crippen molar-refractivity contribution >= 4 is 18.3 Å². The summed E-state index contributed by atoms with van der Waals surface area (Å²) in [7, 11) is 3.75. The highest BCUT2D eigenvalue weighted by molar-refractivity contribution is 5.85. The minimum atomic E-state index is -0.273. The Hall–Kier alpha value is -1.07. The highest BCUT2D eigenvalue weighted by atomic mass is 35.5. The Morgan fingerprint density at radius 1 is 1.21 bits per heavy atom. The van der Waals surface area contributed by atoms with Gasteiger partial charge in [0.2, 0.25) is 5.91 Å². The number of carbonyl (C=O) groups excluding carboxylic acids is 1. The molecule has 1 saturated heterocycles. The van der Waals surface area contributed by atoms with E-state index in [2.05, 4.69) is 15.3 Å². The Morgan fingerprint density at radius 2 is 1.88 bits per heavy atom. The van der Waals surface area contributed by atoms with Crippen molar-refractivity contribution in [1.82, 2.24) is 20.0 Å². The van der Waals surface area contributed by atoms with E-state index in [-0.39, 0.29) is 24.4 Å². The van der Waals surface area contributed by atoms with Gasteiger partial charge in [-0.25, -0.2) is 0 Å². The lowest BCUT2D eigenvalue weighted by Crippen LogP contribution is -2.49. The number of likely N-dealkylation sites (N-methyl/N-ethyl adjacent to an activating group) is 1. The van der Waals surface area contributed by atoms with Crippen LogP contribution in [0.25, 0.3) is 0 Å². The predicted octanol–water partition coefficient (Wildman–Crippen LogP) is 3.07. The van der Waals surface area contributed by atoms with Crippen LogP contribution in [0.5, 0.6) is 0 Å². The Bertz CT molecular complexity index is 537. The van der Waals surface area contributed by atoms with Crippen LogP contribution in [-0.4, -0.2) is 40.7 Å². The lowest BCUT2D eigenvalue weighted by atomic mass is 9.74. The van der Waals surface area contributed by atoms with Gasteiger partial charge in [0.05, 0.1) is 6.20 Å². The summed E-state index contributed by atoms with van der Waals surface area (Å²) in [6.07, 6.45) is 14.2. The topological polar surface area (TPSA) is 50.2 Å². The van der Waals surface area contributed by atoms with Crippen molar-refractivity contribution in [3.05, 3.63) is 18.0 Å². The van der Waals surface area contributed by atoms with Gasteiger partial charge < -0.3 is 10.2 Å². The quantitative estimate of drug-likeness (QED) is 0.907. The monoisotopic (exact) mass is 354 g/mol. The van der Waals surface area contributed by atoms with E-state index in [1.54, 1.807) is 10.9 Å². The third kappa shape index (κ3) is 4.12. The molecule has 5 nitrogen and oxygen atoms in total. The zero-order valence-electron chi connectivity index (χ0n) is 15.0. The van der Waals surface area contributed by atoms with Gasteiger partial charge in [-0.3, -0.25) is 9.48 Å². The number of nitrogens with zero attached hydrogens (tertiary/aromatic N) is 3.